The van der Waals surface area contributed by atoms with Crippen LogP contribution >= 0.6 is 0 Å². The first-order valence-electron chi connectivity index (χ1n) is 5.13. The SMILES string of the molecule is Cn1ccc(NCC(O)Cn2cccn2)n1. The summed E-state index contributed by atoms with van der Waals surface area (Å²) in [5.74, 6) is 0.766. The van der Waals surface area contributed by atoms with E-state index in [-0.39, 0.29) is 0 Å². The molecule has 0 aliphatic carbocycles. The lowest BCUT2D eigenvalue weighted by Crippen LogP contribution is -2.25. The predicted octanol–water partition coefficient (Wildman–Crippen LogP) is 0.0896. The van der Waals surface area contributed by atoms with Crippen LogP contribution in [0.4, 0.5) is 5.82 Å². The molecule has 0 spiro atoms. The standard InChI is InChI=1S/C10H15N5O/c1-14-6-3-10(13-14)11-7-9(16)8-15-5-2-4-12-15/h2-6,9,16H,7-8H2,1H3,(H,11,13). The van der Waals surface area contributed by atoms with Crippen LogP contribution in [0.3, 0.4) is 0 Å². The van der Waals surface area contributed by atoms with Crippen molar-refractivity contribution in [2.24, 2.45) is 7.05 Å². The molecule has 0 amide bonds. The third kappa shape index (κ3) is 2.83. The topological polar surface area (TPSA) is 67.9 Å². The number of hydrogen-bond donors (Lipinski definition) is 2. The van der Waals surface area contributed by atoms with Crippen molar-refractivity contribution in [3.05, 3.63) is 30.7 Å². The molecule has 2 aromatic rings. The zero-order valence-electron chi connectivity index (χ0n) is 9.11. The molecule has 0 radical (unpaired) electrons. The van der Waals surface area contributed by atoms with E-state index in [1.807, 2.05) is 31.6 Å². The molecular formula is C10H15N5O. The Bertz CT molecular complexity index is 422. The molecule has 1 unspecified atom stereocenters. The quantitative estimate of drug-likeness (QED) is 0.751. The van der Waals surface area contributed by atoms with E-state index in [4.69, 9.17) is 0 Å². The number of aryl methyl sites for hydroxylation is 1. The van der Waals surface area contributed by atoms with Crippen LogP contribution in [0.2, 0.25) is 0 Å². The molecule has 1 atom stereocenters. The number of hydrogen-bond acceptors (Lipinski definition) is 4. The van der Waals surface area contributed by atoms with Crippen molar-refractivity contribution in [3.8, 4) is 0 Å². The van der Waals surface area contributed by atoms with Gasteiger partial charge in [-0.15, -0.1) is 0 Å². The van der Waals surface area contributed by atoms with E-state index in [2.05, 4.69) is 15.5 Å². The second kappa shape index (κ2) is 4.80. The number of rotatable bonds is 5. The molecule has 0 aliphatic heterocycles. The maximum atomic E-state index is 9.73. The third-order valence-corrected chi connectivity index (χ3v) is 2.19. The van der Waals surface area contributed by atoms with E-state index in [0.717, 1.165) is 5.82 Å². The zero-order chi connectivity index (χ0) is 11.4. The van der Waals surface area contributed by atoms with Gasteiger partial charge < -0.3 is 10.4 Å². The molecule has 0 saturated heterocycles. The molecule has 0 fully saturated rings. The lowest BCUT2D eigenvalue weighted by Gasteiger charge is -2.11. The molecule has 6 heteroatoms. The molecular weight excluding hydrogens is 206 g/mol. The average Bonchev–Trinajstić information content (AvgIpc) is 2.87. The van der Waals surface area contributed by atoms with Gasteiger partial charge in [-0.1, -0.05) is 0 Å². The third-order valence-electron chi connectivity index (χ3n) is 2.19. The Morgan fingerprint density at radius 3 is 3.00 bits per heavy atom. The Morgan fingerprint density at radius 2 is 2.38 bits per heavy atom. The molecule has 0 aliphatic rings. The molecule has 6 nitrogen and oxygen atoms in total. The van der Waals surface area contributed by atoms with Gasteiger partial charge >= 0.3 is 0 Å². The van der Waals surface area contributed by atoms with Gasteiger partial charge in [0, 0.05) is 38.2 Å². The largest absolute Gasteiger partial charge is 0.389 e. The van der Waals surface area contributed by atoms with Crippen LogP contribution < -0.4 is 5.32 Å². The fraction of sp³-hybridized carbons (Fsp3) is 0.400. The average molecular weight is 221 g/mol. The van der Waals surface area contributed by atoms with Crippen LogP contribution in [0.25, 0.3) is 0 Å². The highest BCUT2D eigenvalue weighted by molar-refractivity contribution is 5.31. The van der Waals surface area contributed by atoms with E-state index in [1.165, 1.54) is 0 Å². The molecule has 2 heterocycles. The van der Waals surface area contributed by atoms with E-state index in [1.54, 1.807) is 15.6 Å². The minimum atomic E-state index is -0.484. The summed E-state index contributed by atoms with van der Waals surface area (Å²) < 4.78 is 3.41. The smallest absolute Gasteiger partial charge is 0.148 e. The van der Waals surface area contributed by atoms with Gasteiger partial charge in [0.05, 0.1) is 12.6 Å². The fourth-order valence-electron chi connectivity index (χ4n) is 1.42. The second-order valence-electron chi connectivity index (χ2n) is 3.64. The molecule has 16 heavy (non-hydrogen) atoms. The van der Waals surface area contributed by atoms with Crippen molar-refractivity contribution in [2.75, 3.05) is 11.9 Å². The molecule has 2 rings (SSSR count). The number of aromatic nitrogens is 4. The van der Waals surface area contributed by atoms with Crippen LogP contribution in [-0.4, -0.2) is 37.3 Å². The number of nitrogens with one attached hydrogen (secondary N) is 1. The van der Waals surface area contributed by atoms with Crippen molar-refractivity contribution in [3.63, 3.8) is 0 Å². The van der Waals surface area contributed by atoms with Gasteiger partial charge in [0.2, 0.25) is 0 Å². The minimum Gasteiger partial charge on any atom is -0.389 e. The fourth-order valence-corrected chi connectivity index (χ4v) is 1.42. The van der Waals surface area contributed by atoms with Crippen molar-refractivity contribution >= 4 is 5.82 Å². The molecule has 2 N–H and O–H groups in total. The minimum absolute atomic E-state index is 0.455. The first-order chi connectivity index (χ1) is 7.74. The normalized spacial score (nSPS) is 12.6. The zero-order valence-corrected chi connectivity index (χ0v) is 9.11. The van der Waals surface area contributed by atoms with Crippen LogP contribution in [0.1, 0.15) is 0 Å². The predicted molar refractivity (Wildman–Crippen MR) is 59.9 cm³/mol. The van der Waals surface area contributed by atoms with Gasteiger partial charge in [-0.3, -0.25) is 9.36 Å². The molecule has 0 aromatic carbocycles. The highest BCUT2D eigenvalue weighted by Gasteiger charge is 2.05. The van der Waals surface area contributed by atoms with Crippen molar-refractivity contribution in [2.45, 2.75) is 12.6 Å². The Morgan fingerprint density at radius 1 is 1.50 bits per heavy atom. The first-order valence-corrected chi connectivity index (χ1v) is 5.13. The number of aliphatic hydroxyl groups is 1. The van der Waals surface area contributed by atoms with Gasteiger partial charge in [0.15, 0.2) is 0 Å². The Balaban J connectivity index is 1.77. The van der Waals surface area contributed by atoms with Crippen LogP contribution in [0.15, 0.2) is 30.7 Å². The monoisotopic (exact) mass is 221 g/mol. The summed E-state index contributed by atoms with van der Waals surface area (Å²) in [6.45, 7) is 0.934. The number of nitrogens with zero attached hydrogens (tertiary/aromatic N) is 4. The summed E-state index contributed by atoms with van der Waals surface area (Å²) >= 11 is 0. The highest BCUT2D eigenvalue weighted by atomic mass is 16.3. The number of aliphatic hydroxyl groups excluding tert-OH is 1. The van der Waals surface area contributed by atoms with Crippen molar-refractivity contribution in [1.82, 2.24) is 19.6 Å². The van der Waals surface area contributed by atoms with Gasteiger partial charge in [-0.25, -0.2) is 0 Å². The van der Waals surface area contributed by atoms with E-state index < -0.39 is 6.10 Å². The van der Waals surface area contributed by atoms with Gasteiger partial charge in [0.25, 0.3) is 0 Å². The van der Waals surface area contributed by atoms with Crippen molar-refractivity contribution < 1.29 is 5.11 Å². The van der Waals surface area contributed by atoms with Crippen LogP contribution in [0.5, 0.6) is 0 Å². The maximum absolute atomic E-state index is 9.73. The maximum Gasteiger partial charge on any atom is 0.148 e. The summed E-state index contributed by atoms with van der Waals surface area (Å²) in [5.41, 5.74) is 0. The highest BCUT2D eigenvalue weighted by Crippen LogP contribution is 2.01. The van der Waals surface area contributed by atoms with Crippen molar-refractivity contribution in [1.29, 1.82) is 0 Å². The van der Waals surface area contributed by atoms with Crippen LogP contribution in [0, 0.1) is 0 Å². The molecule has 2 aromatic heterocycles. The van der Waals surface area contributed by atoms with E-state index in [9.17, 15) is 5.11 Å². The molecule has 0 bridgehead atoms. The lowest BCUT2D eigenvalue weighted by atomic mass is 10.3. The van der Waals surface area contributed by atoms with Crippen LogP contribution in [-0.2, 0) is 13.6 Å². The number of anilines is 1. The summed E-state index contributed by atoms with van der Waals surface area (Å²) in [6.07, 6.45) is 4.88. The molecule has 86 valence electrons. The molecule has 0 saturated carbocycles. The Labute approximate surface area is 93.5 Å². The second-order valence-corrected chi connectivity index (χ2v) is 3.64. The van der Waals surface area contributed by atoms with Gasteiger partial charge in [0.1, 0.15) is 5.82 Å². The Kier molecular flexibility index (Phi) is 3.21. The van der Waals surface area contributed by atoms with E-state index in [0.29, 0.717) is 13.1 Å². The summed E-state index contributed by atoms with van der Waals surface area (Å²) in [6, 6.07) is 3.69. The summed E-state index contributed by atoms with van der Waals surface area (Å²) in [4.78, 5) is 0. The van der Waals surface area contributed by atoms with Gasteiger partial charge in [-0.2, -0.15) is 10.2 Å². The summed E-state index contributed by atoms with van der Waals surface area (Å²) in [5, 5.41) is 21.0. The van der Waals surface area contributed by atoms with E-state index >= 15 is 0 Å². The first kappa shape index (κ1) is 10.7. The Hall–Kier alpha value is -1.82. The summed E-state index contributed by atoms with van der Waals surface area (Å²) in [7, 11) is 1.85. The van der Waals surface area contributed by atoms with Gasteiger partial charge in [-0.05, 0) is 6.07 Å². The lowest BCUT2D eigenvalue weighted by molar-refractivity contribution is 0.161.